The number of rotatable bonds is 3. The van der Waals surface area contributed by atoms with Gasteiger partial charge in [-0.3, -0.25) is 0 Å². The highest BCUT2D eigenvalue weighted by Gasteiger charge is 2.19. The first-order valence-corrected chi connectivity index (χ1v) is 5.87. The molecule has 2 rings (SSSR count). The molecule has 0 aromatic carbocycles. The summed E-state index contributed by atoms with van der Waals surface area (Å²) in [5.74, 6) is 1.70. The van der Waals surface area contributed by atoms with E-state index in [-0.39, 0.29) is 0 Å². The summed E-state index contributed by atoms with van der Waals surface area (Å²) in [5.41, 5.74) is 0.857. The molecule has 0 amide bonds. The van der Waals surface area contributed by atoms with Crippen LogP contribution in [0.5, 0.6) is 5.75 Å². The Labute approximate surface area is 101 Å². The van der Waals surface area contributed by atoms with Crippen molar-refractivity contribution in [3.05, 3.63) is 18.3 Å². The fourth-order valence-electron chi connectivity index (χ4n) is 1.96. The Bertz CT molecular complexity index is 396. The van der Waals surface area contributed by atoms with Gasteiger partial charge in [0.25, 0.3) is 0 Å². The SMILES string of the molecule is CCOc1cccnc1N1CCC(=NO)CC1. The van der Waals surface area contributed by atoms with Gasteiger partial charge in [0.15, 0.2) is 11.6 Å². The molecule has 0 unspecified atom stereocenters. The number of anilines is 1. The van der Waals surface area contributed by atoms with Crippen LogP contribution in [0.1, 0.15) is 19.8 Å². The van der Waals surface area contributed by atoms with E-state index in [4.69, 9.17) is 9.94 Å². The van der Waals surface area contributed by atoms with Crippen LogP contribution in [0.4, 0.5) is 5.82 Å². The number of hydrogen-bond donors (Lipinski definition) is 1. The molecular weight excluding hydrogens is 218 g/mol. The predicted molar refractivity (Wildman–Crippen MR) is 66.1 cm³/mol. The molecule has 0 radical (unpaired) electrons. The Kier molecular flexibility index (Phi) is 3.80. The van der Waals surface area contributed by atoms with Crippen molar-refractivity contribution >= 4 is 11.5 Å². The number of ether oxygens (including phenoxy) is 1. The van der Waals surface area contributed by atoms with Crippen molar-refractivity contribution in [3.63, 3.8) is 0 Å². The van der Waals surface area contributed by atoms with Crippen LogP contribution in [0, 0.1) is 0 Å². The van der Waals surface area contributed by atoms with E-state index in [0.717, 1.165) is 43.2 Å². The van der Waals surface area contributed by atoms with Crippen LogP contribution in [-0.2, 0) is 0 Å². The molecule has 1 aliphatic heterocycles. The van der Waals surface area contributed by atoms with E-state index in [2.05, 4.69) is 15.0 Å². The van der Waals surface area contributed by atoms with Crippen molar-refractivity contribution in [2.45, 2.75) is 19.8 Å². The molecule has 1 aromatic heterocycles. The molecule has 0 atom stereocenters. The third kappa shape index (κ3) is 2.67. The molecule has 0 bridgehead atoms. The number of hydrogen-bond acceptors (Lipinski definition) is 5. The monoisotopic (exact) mass is 235 g/mol. The van der Waals surface area contributed by atoms with Gasteiger partial charge in [-0.1, -0.05) is 5.16 Å². The second kappa shape index (κ2) is 5.52. The van der Waals surface area contributed by atoms with Crippen LogP contribution in [0.3, 0.4) is 0 Å². The molecule has 5 nitrogen and oxygen atoms in total. The van der Waals surface area contributed by atoms with Crippen molar-refractivity contribution in [1.29, 1.82) is 0 Å². The van der Waals surface area contributed by atoms with Crippen LogP contribution in [0.15, 0.2) is 23.5 Å². The maximum Gasteiger partial charge on any atom is 0.171 e. The van der Waals surface area contributed by atoms with Crippen LogP contribution >= 0.6 is 0 Å². The summed E-state index contributed by atoms with van der Waals surface area (Å²) in [5, 5.41) is 12.0. The third-order valence-corrected chi connectivity index (χ3v) is 2.83. The molecular formula is C12H17N3O2. The van der Waals surface area contributed by atoms with Gasteiger partial charge in [-0.15, -0.1) is 0 Å². The minimum absolute atomic E-state index is 0.635. The summed E-state index contributed by atoms with van der Waals surface area (Å²) in [7, 11) is 0. The number of aromatic nitrogens is 1. The first kappa shape index (κ1) is 11.7. The van der Waals surface area contributed by atoms with Gasteiger partial charge in [-0.25, -0.2) is 4.98 Å². The fourth-order valence-corrected chi connectivity index (χ4v) is 1.96. The standard InChI is InChI=1S/C12H17N3O2/c1-2-17-11-4-3-7-13-12(11)15-8-5-10(14-16)6-9-15/h3-4,7,16H,2,5-6,8-9H2,1H3. The molecule has 0 saturated carbocycles. The zero-order valence-corrected chi connectivity index (χ0v) is 9.96. The second-order valence-electron chi connectivity index (χ2n) is 3.91. The summed E-state index contributed by atoms with van der Waals surface area (Å²) in [4.78, 5) is 6.54. The van der Waals surface area contributed by atoms with E-state index in [0.29, 0.717) is 6.61 Å². The normalized spacial score (nSPS) is 15.8. The number of piperidine rings is 1. The molecule has 0 spiro atoms. The van der Waals surface area contributed by atoms with Gasteiger partial charge in [-0.2, -0.15) is 0 Å². The predicted octanol–water partition coefficient (Wildman–Crippen LogP) is 1.91. The average Bonchev–Trinajstić information content (AvgIpc) is 2.40. The quantitative estimate of drug-likeness (QED) is 0.642. The summed E-state index contributed by atoms with van der Waals surface area (Å²) >= 11 is 0. The maximum absolute atomic E-state index is 8.72. The molecule has 1 aliphatic rings. The molecule has 5 heteroatoms. The Morgan fingerprint density at radius 2 is 2.24 bits per heavy atom. The van der Waals surface area contributed by atoms with Gasteiger partial charge < -0.3 is 14.8 Å². The van der Waals surface area contributed by atoms with Crippen molar-refractivity contribution in [2.75, 3.05) is 24.6 Å². The highest BCUT2D eigenvalue weighted by molar-refractivity contribution is 5.86. The topological polar surface area (TPSA) is 58.0 Å². The lowest BCUT2D eigenvalue weighted by Crippen LogP contribution is -2.34. The van der Waals surface area contributed by atoms with E-state index >= 15 is 0 Å². The van der Waals surface area contributed by atoms with Gasteiger partial charge in [0.2, 0.25) is 0 Å². The molecule has 0 aliphatic carbocycles. The number of oxime groups is 1. The molecule has 17 heavy (non-hydrogen) atoms. The Balaban J connectivity index is 2.12. The zero-order valence-electron chi connectivity index (χ0n) is 9.96. The van der Waals surface area contributed by atoms with Gasteiger partial charge in [0.1, 0.15) is 0 Å². The Morgan fingerprint density at radius 1 is 1.47 bits per heavy atom. The van der Waals surface area contributed by atoms with Gasteiger partial charge in [-0.05, 0) is 19.1 Å². The smallest absolute Gasteiger partial charge is 0.171 e. The fraction of sp³-hybridized carbons (Fsp3) is 0.500. The minimum atomic E-state index is 0.635. The van der Waals surface area contributed by atoms with Crippen molar-refractivity contribution in [3.8, 4) is 5.75 Å². The van der Waals surface area contributed by atoms with Crippen molar-refractivity contribution in [1.82, 2.24) is 4.98 Å². The maximum atomic E-state index is 8.72. The molecule has 92 valence electrons. The van der Waals surface area contributed by atoms with Crippen LogP contribution in [0.2, 0.25) is 0 Å². The Morgan fingerprint density at radius 3 is 2.88 bits per heavy atom. The van der Waals surface area contributed by atoms with Crippen LogP contribution < -0.4 is 9.64 Å². The summed E-state index contributed by atoms with van der Waals surface area (Å²) in [6, 6.07) is 3.81. The first-order valence-electron chi connectivity index (χ1n) is 5.87. The number of pyridine rings is 1. The zero-order chi connectivity index (χ0) is 12.1. The van der Waals surface area contributed by atoms with E-state index in [1.165, 1.54) is 0 Å². The molecule has 1 aromatic rings. The summed E-state index contributed by atoms with van der Waals surface area (Å²) in [6.45, 7) is 4.23. The third-order valence-electron chi connectivity index (χ3n) is 2.83. The van der Waals surface area contributed by atoms with Crippen molar-refractivity contribution in [2.24, 2.45) is 5.16 Å². The van der Waals surface area contributed by atoms with Gasteiger partial charge in [0.05, 0.1) is 12.3 Å². The summed E-state index contributed by atoms with van der Waals surface area (Å²) in [6.07, 6.45) is 3.32. The molecule has 1 saturated heterocycles. The molecule has 2 heterocycles. The lowest BCUT2D eigenvalue weighted by atomic mass is 10.1. The highest BCUT2D eigenvalue weighted by atomic mass is 16.5. The number of nitrogens with zero attached hydrogens (tertiary/aromatic N) is 3. The van der Waals surface area contributed by atoms with Crippen molar-refractivity contribution < 1.29 is 9.94 Å². The second-order valence-corrected chi connectivity index (χ2v) is 3.91. The first-order chi connectivity index (χ1) is 8.35. The van der Waals surface area contributed by atoms with Crippen LogP contribution in [0.25, 0.3) is 0 Å². The minimum Gasteiger partial charge on any atom is -0.490 e. The molecule has 1 N–H and O–H groups in total. The lowest BCUT2D eigenvalue weighted by molar-refractivity contribution is 0.315. The van der Waals surface area contributed by atoms with Gasteiger partial charge in [0, 0.05) is 32.1 Å². The lowest BCUT2D eigenvalue weighted by Gasteiger charge is -2.29. The van der Waals surface area contributed by atoms with Crippen LogP contribution in [-0.4, -0.2) is 35.6 Å². The van der Waals surface area contributed by atoms with E-state index in [1.807, 2.05) is 19.1 Å². The van der Waals surface area contributed by atoms with Gasteiger partial charge >= 0.3 is 0 Å². The van der Waals surface area contributed by atoms with E-state index < -0.39 is 0 Å². The van der Waals surface area contributed by atoms with E-state index in [9.17, 15) is 0 Å². The average molecular weight is 235 g/mol. The van der Waals surface area contributed by atoms with E-state index in [1.54, 1.807) is 6.20 Å². The summed E-state index contributed by atoms with van der Waals surface area (Å²) < 4.78 is 5.56. The largest absolute Gasteiger partial charge is 0.490 e. The highest BCUT2D eigenvalue weighted by Crippen LogP contribution is 2.27. The Hall–Kier alpha value is -1.78. The molecule has 1 fully saturated rings.